The number of alkyl halides is 3. The Kier molecular flexibility index (Phi) is 5.79. The molecule has 124 valence electrons. The van der Waals surface area contributed by atoms with E-state index in [1.807, 2.05) is 12.1 Å². The summed E-state index contributed by atoms with van der Waals surface area (Å²) < 4.78 is 42.6. The molecule has 23 heavy (non-hydrogen) atoms. The lowest BCUT2D eigenvalue weighted by Crippen LogP contribution is -2.15. The summed E-state index contributed by atoms with van der Waals surface area (Å²) in [6.45, 7) is 0.481. The second kappa shape index (κ2) is 7.61. The van der Waals surface area contributed by atoms with Crippen LogP contribution < -0.4 is 5.32 Å². The average Bonchev–Trinajstić information content (AvgIpc) is 2.52. The van der Waals surface area contributed by atoms with Crippen molar-refractivity contribution in [2.24, 2.45) is 0 Å². The topological polar surface area (TPSA) is 47.0 Å². The van der Waals surface area contributed by atoms with Gasteiger partial charge >= 0.3 is 6.18 Å². The number of halogens is 4. The van der Waals surface area contributed by atoms with E-state index >= 15 is 0 Å². The van der Waals surface area contributed by atoms with Gasteiger partial charge in [0.05, 0.1) is 6.04 Å². The SMILES string of the molecule is COCCC(Nc1ccc(C(F)(F)F)nn1)c1ccc(Cl)cc1. The molecule has 1 unspecified atom stereocenters. The lowest BCUT2D eigenvalue weighted by Gasteiger charge is -2.19. The van der Waals surface area contributed by atoms with E-state index in [4.69, 9.17) is 16.3 Å². The molecule has 0 aliphatic heterocycles. The van der Waals surface area contributed by atoms with Crippen LogP contribution in [0, 0.1) is 0 Å². The van der Waals surface area contributed by atoms with Gasteiger partial charge in [-0.25, -0.2) is 0 Å². The van der Waals surface area contributed by atoms with E-state index in [1.165, 1.54) is 6.07 Å². The molecule has 0 saturated heterocycles. The maximum Gasteiger partial charge on any atom is 0.435 e. The van der Waals surface area contributed by atoms with Gasteiger partial charge in [-0.15, -0.1) is 10.2 Å². The molecule has 8 heteroatoms. The molecule has 0 fully saturated rings. The normalized spacial score (nSPS) is 12.9. The first-order valence-corrected chi connectivity index (χ1v) is 7.20. The maximum absolute atomic E-state index is 12.5. The smallest absolute Gasteiger partial charge is 0.385 e. The van der Waals surface area contributed by atoms with Crippen LogP contribution in [0.25, 0.3) is 0 Å². The van der Waals surface area contributed by atoms with Crippen molar-refractivity contribution in [1.29, 1.82) is 0 Å². The van der Waals surface area contributed by atoms with Crippen LogP contribution in [0.1, 0.15) is 23.7 Å². The summed E-state index contributed by atoms with van der Waals surface area (Å²) >= 11 is 5.87. The number of nitrogens with zero attached hydrogens (tertiary/aromatic N) is 2. The van der Waals surface area contributed by atoms with Crippen molar-refractivity contribution in [2.75, 3.05) is 19.0 Å². The first kappa shape index (κ1) is 17.5. The Bertz CT molecular complexity index is 617. The number of hydrogen-bond acceptors (Lipinski definition) is 4. The summed E-state index contributed by atoms with van der Waals surface area (Å²) in [5, 5.41) is 10.5. The van der Waals surface area contributed by atoms with Gasteiger partial charge in [-0.3, -0.25) is 0 Å². The number of nitrogens with one attached hydrogen (secondary N) is 1. The van der Waals surface area contributed by atoms with Crippen LogP contribution in [-0.4, -0.2) is 23.9 Å². The molecule has 1 heterocycles. The van der Waals surface area contributed by atoms with E-state index in [0.29, 0.717) is 18.1 Å². The predicted molar refractivity (Wildman–Crippen MR) is 81.3 cm³/mol. The van der Waals surface area contributed by atoms with Gasteiger partial charge in [-0.2, -0.15) is 13.2 Å². The Labute approximate surface area is 136 Å². The molecule has 0 bridgehead atoms. The highest BCUT2D eigenvalue weighted by atomic mass is 35.5. The van der Waals surface area contributed by atoms with E-state index in [-0.39, 0.29) is 11.9 Å². The van der Waals surface area contributed by atoms with E-state index in [0.717, 1.165) is 11.6 Å². The summed E-state index contributed by atoms with van der Waals surface area (Å²) in [5.74, 6) is 0.258. The highest BCUT2D eigenvalue weighted by Crippen LogP contribution is 2.28. The molecule has 0 saturated carbocycles. The van der Waals surface area contributed by atoms with Gasteiger partial charge in [-0.05, 0) is 36.2 Å². The highest BCUT2D eigenvalue weighted by Gasteiger charge is 2.32. The number of methoxy groups -OCH3 is 1. The molecule has 1 aromatic heterocycles. The summed E-state index contributed by atoms with van der Waals surface area (Å²) in [7, 11) is 1.58. The van der Waals surface area contributed by atoms with Gasteiger partial charge in [0.2, 0.25) is 0 Å². The minimum absolute atomic E-state index is 0.182. The fourth-order valence-corrected chi connectivity index (χ4v) is 2.12. The number of anilines is 1. The molecular weight excluding hydrogens is 331 g/mol. The Balaban J connectivity index is 2.15. The third kappa shape index (κ3) is 5.07. The second-order valence-corrected chi connectivity index (χ2v) is 5.27. The molecule has 0 radical (unpaired) electrons. The minimum atomic E-state index is -4.50. The third-order valence-corrected chi connectivity index (χ3v) is 3.41. The molecule has 0 aliphatic rings. The lowest BCUT2D eigenvalue weighted by atomic mass is 10.0. The summed E-state index contributed by atoms with van der Waals surface area (Å²) in [5.41, 5.74) is -0.101. The highest BCUT2D eigenvalue weighted by molar-refractivity contribution is 6.30. The zero-order valence-corrected chi connectivity index (χ0v) is 13.0. The first-order chi connectivity index (χ1) is 10.9. The standard InChI is InChI=1S/C15H15ClF3N3O/c1-23-9-8-12(10-2-4-11(16)5-3-10)20-14-7-6-13(21-22-14)15(17,18)19/h2-7,12H,8-9H2,1H3,(H,20,22). The van der Waals surface area contributed by atoms with E-state index in [1.54, 1.807) is 19.2 Å². The summed E-state index contributed by atoms with van der Waals surface area (Å²) in [6.07, 6.45) is -3.89. The monoisotopic (exact) mass is 345 g/mol. The van der Waals surface area contributed by atoms with Crippen molar-refractivity contribution in [3.8, 4) is 0 Å². The molecule has 0 spiro atoms. The van der Waals surface area contributed by atoms with Crippen molar-refractivity contribution in [1.82, 2.24) is 10.2 Å². The molecule has 1 aromatic carbocycles. The van der Waals surface area contributed by atoms with Gasteiger partial charge in [-0.1, -0.05) is 23.7 Å². The first-order valence-electron chi connectivity index (χ1n) is 6.82. The van der Waals surface area contributed by atoms with Gasteiger partial charge in [0.15, 0.2) is 5.69 Å². The predicted octanol–water partition coefficient (Wildman–Crippen LogP) is 4.34. The van der Waals surface area contributed by atoms with Crippen LogP contribution in [0.2, 0.25) is 5.02 Å². The van der Waals surface area contributed by atoms with Gasteiger partial charge < -0.3 is 10.1 Å². The minimum Gasteiger partial charge on any atom is -0.385 e. The number of rotatable bonds is 6. The zero-order chi connectivity index (χ0) is 16.9. The van der Waals surface area contributed by atoms with Gasteiger partial charge in [0.1, 0.15) is 5.82 Å². The van der Waals surface area contributed by atoms with Crippen LogP contribution in [0.4, 0.5) is 19.0 Å². The van der Waals surface area contributed by atoms with Gasteiger partial charge in [0, 0.05) is 18.7 Å². The fourth-order valence-electron chi connectivity index (χ4n) is 1.99. The molecule has 2 aromatic rings. The van der Waals surface area contributed by atoms with Crippen LogP contribution >= 0.6 is 11.6 Å². The number of ether oxygens (including phenoxy) is 1. The van der Waals surface area contributed by atoms with Crippen molar-refractivity contribution in [3.63, 3.8) is 0 Å². The van der Waals surface area contributed by atoms with Gasteiger partial charge in [0.25, 0.3) is 0 Å². The fraction of sp³-hybridized carbons (Fsp3) is 0.333. The van der Waals surface area contributed by atoms with Crippen molar-refractivity contribution < 1.29 is 17.9 Å². The largest absolute Gasteiger partial charge is 0.435 e. The average molecular weight is 346 g/mol. The molecule has 1 N–H and O–H groups in total. The van der Waals surface area contributed by atoms with Crippen molar-refractivity contribution in [3.05, 3.63) is 52.7 Å². The Morgan fingerprint density at radius 3 is 2.35 bits per heavy atom. The lowest BCUT2D eigenvalue weighted by molar-refractivity contribution is -0.141. The molecule has 0 amide bonds. The molecule has 1 atom stereocenters. The summed E-state index contributed by atoms with van der Waals surface area (Å²) in [6, 6.07) is 9.14. The van der Waals surface area contributed by atoms with Crippen LogP contribution in [0.3, 0.4) is 0 Å². The third-order valence-electron chi connectivity index (χ3n) is 3.16. The maximum atomic E-state index is 12.5. The van der Waals surface area contributed by atoms with E-state index < -0.39 is 11.9 Å². The molecular formula is C15H15ClF3N3O. The van der Waals surface area contributed by atoms with Crippen LogP contribution in [0.5, 0.6) is 0 Å². The van der Waals surface area contributed by atoms with Crippen molar-refractivity contribution >= 4 is 17.4 Å². The Morgan fingerprint density at radius 2 is 1.83 bits per heavy atom. The quantitative estimate of drug-likeness (QED) is 0.846. The Morgan fingerprint density at radius 1 is 1.13 bits per heavy atom. The van der Waals surface area contributed by atoms with Crippen molar-refractivity contribution in [2.45, 2.75) is 18.6 Å². The second-order valence-electron chi connectivity index (χ2n) is 4.83. The Hall–Kier alpha value is -1.86. The molecule has 4 nitrogen and oxygen atoms in total. The van der Waals surface area contributed by atoms with Crippen LogP contribution in [0.15, 0.2) is 36.4 Å². The molecule has 2 rings (SSSR count). The molecule has 0 aliphatic carbocycles. The number of benzene rings is 1. The van der Waals surface area contributed by atoms with Crippen LogP contribution in [-0.2, 0) is 10.9 Å². The number of hydrogen-bond donors (Lipinski definition) is 1. The van der Waals surface area contributed by atoms with E-state index in [2.05, 4.69) is 15.5 Å². The van der Waals surface area contributed by atoms with E-state index in [9.17, 15) is 13.2 Å². The summed E-state index contributed by atoms with van der Waals surface area (Å²) in [4.78, 5) is 0. The number of aromatic nitrogens is 2. The zero-order valence-electron chi connectivity index (χ0n) is 12.3.